The minimum Gasteiger partial charge on any atom is -0.454 e. The van der Waals surface area contributed by atoms with E-state index in [0.717, 1.165) is 27.3 Å². The van der Waals surface area contributed by atoms with Gasteiger partial charge in [0.25, 0.3) is 0 Å². The van der Waals surface area contributed by atoms with Gasteiger partial charge in [0.2, 0.25) is 28.6 Å². The third-order valence-electron chi connectivity index (χ3n) is 6.88. The molecule has 3 aromatic carbocycles. The fourth-order valence-corrected chi connectivity index (χ4v) is 5.44. The van der Waals surface area contributed by atoms with Crippen molar-refractivity contribution in [3.05, 3.63) is 89.5 Å². The van der Waals surface area contributed by atoms with Gasteiger partial charge in [-0.3, -0.25) is 13.9 Å². The highest BCUT2D eigenvalue weighted by Crippen LogP contribution is 2.36. The molecule has 3 aromatic rings. The molecule has 1 N–H and O–H groups in total. The van der Waals surface area contributed by atoms with E-state index in [0.29, 0.717) is 18.0 Å². The maximum Gasteiger partial charge on any atom is 0.244 e. The molecule has 0 fully saturated rings. The predicted octanol–water partition coefficient (Wildman–Crippen LogP) is 3.90. The highest BCUT2D eigenvalue weighted by Gasteiger charge is 2.33. The quantitative estimate of drug-likeness (QED) is 0.349. The first-order chi connectivity index (χ1) is 19.5. The van der Waals surface area contributed by atoms with Crippen molar-refractivity contribution in [3.63, 3.8) is 0 Å². The number of hydrogen-bond acceptors (Lipinski definition) is 6. The van der Waals surface area contributed by atoms with E-state index >= 15 is 0 Å². The number of ether oxygens (including phenoxy) is 2. The Labute approximate surface area is 242 Å². The van der Waals surface area contributed by atoms with Crippen LogP contribution in [-0.4, -0.2) is 57.3 Å². The van der Waals surface area contributed by atoms with Gasteiger partial charge in [-0.1, -0.05) is 68.4 Å². The van der Waals surface area contributed by atoms with Crippen LogP contribution < -0.4 is 19.1 Å². The van der Waals surface area contributed by atoms with E-state index in [-0.39, 0.29) is 37.3 Å². The molecule has 9 nitrogen and oxygen atoms in total. The van der Waals surface area contributed by atoms with Crippen LogP contribution in [0.15, 0.2) is 72.8 Å². The fraction of sp³-hybridized carbons (Fsp3) is 0.355. The Morgan fingerprint density at radius 2 is 1.63 bits per heavy atom. The second-order valence-electron chi connectivity index (χ2n) is 10.6. The van der Waals surface area contributed by atoms with E-state index in [9.17, 15) is 18.0 Å². The van der Waals surface area contributed by atoms with Gasteiger partial charge in [0.1, 0.15) is 12.6 Å². The molecule has 0 saturated carbocycles. The number of carbonyl (C=O) groups is 2. The lowest BCUT2D eigenvalue weighted by Gasteiger charge is -2.34. The predicted molar refractivity (Wildman–Crippen MR) is 158 cm³/mol. The first-order valence-electron chi connectivity index (χ1n) is 13.6. The molecule has 4 rings (SSSR count). The van der Waals surface area contributed by atoms with Crippen LogP contribution in [0.4, 0.5) is 5.69 Å². The number of aryl methyl sites for hydroxylation is 1. The largest absolute Gasteiger partial charge is 0.454 e. The van der Waals surface area contributed by atoms with E-state index < -0.39 is 28.5 Å². The molecule has 0 spiro atoms. The Morgan fingerprint density at radius 3 is 2.32 bits per heavy atom. The second-order valence-corrected chi connectivity index (χ2v) is 12.5. The molecule has 1 aliphatic rings. The lowest BCUT2D eigenvalue weighted by atomic mass is 10.0. The van der Waals surface area contributed by atoms with Crippen LogP contribution >= 0.6 is 0 Å². The SMILES string of the molecule is Cc1ccccc1CN(C(=O)CN(c1ccc2c(c1)OCO2)S(C)(=O)=O)C(Cc1ccccc1)C(=O)NCC(C)C. The number of benzene rings is 3. The van der Waals surface area contributed by atoms with E-state index in [1.54, 1.807) is 18.2 Å². The Morgan fingerprint density at radius 1 is 0.951 bits per heavy atom. The molecule has 0 aliphatic carbocycles. The maximum absolute atomic E-state index is 14.2. The number of carbonyl (C=O) groups excluding carboxylic acids is 2. The van der Waals surface area contributed by atoms with Gasteiger partial charge >= 0.3 is 0 Å². The van der Waals surface area contributed by atoms with E-state index in [1.807, 2.05) is 75.4 Å². The average Bonchev–Trinajstić information content (AvgIpc) is 3.41. The maximum atomic E-state index is 14.2. The molecule has 1 aliphatic heterocycles. The summed E-state index contributed by atoms with van der Waals surface area (Å²) in [5, 5.41) is 2.99. The number of fused-ring (bicyclic) bond motifs is 1. The number of nitrogens with one attached hydrogen (secondary N) is 1. The van der Waals surface area contributed by atoms with Crippen molar-refractivity contribution in [3.8, 4) is 11.5 Å². The van der Waals surface area contributed by atoms with Gasteiger partial charge in [-0.2, -0.15) is 0 Å². The summed E-state index contributed by atoms with van der Waals surface area (Å²) in [6.07, 6.45) is 1.32. The van der Waals surface area contributed by atoms with Gasteiger partial charge in [0, 0.05) is 25.6 Å². The molecule has 0 saturated heterocycles. The van der Waals surface area contributed by atoms with Gasteiger partial charge in [0.15, 0.2) is 11.5 Å². The third kappa shape index (κ3) is 7.79. The first kappa shape index (κ1) is 29.9. The van der Waals surface area contributed by atoms with Crippen molar-refractivity contribution in [2.75, 3.05) is 30.4 Å². The van der Waals surface area contributed by atoms with Crippen LogP contribution in [-0.2, 0) is 32.6 Å². The van der Waals surface area contributed by atoms with Crippen LogP contribution in [0, 0.1) is 12.8 Å². The molecular formula is C31H37N3O6S. The van der Waals surface area contributed by atoms with E-state index in [1.165, 1.54) is 4.90 Å². The van der Waals surface area contributed by atoms with Crippen LogP contribution in [0.2, 0.25) is 0 Å². The van der Waals surface area contributed by atoms with Gasteiger partial charge < -0.3 is 19.7 Å². The molecule has 0 bridgehead atoms. The molecule has 10 heteroatoms. The van der Waals surface area contributed by atoms with Crippen molar-refractivity contribution in [2.24, 2.45) is 5.92 Å². The van der Waals surface area contributed by atoms with Crippen molar-refractivity contribution in [2.45, 2.75) is 39.8 Å². The van der Waals surface area contributed by atoms with Gasteiger partial charge in [-0.25, -0.2) is 8.42 Å². The number of nitrogens with zero attached hydrogens (tertiary/aromatic N) is 2. The van der Waals surface area contributed by atoms with Gasteiger partial charge in [-0.05, 0) is 41.7 Å². The monoisotopic (exact) mass is 579 g/mol. The second kappa shape index (κ2) is 13.1. The zero-order valence-corrected chi connectivity index (χ0v) is 24.7. The standard InChI is InChI=1S/C31H37N3O6S/c1-22(2)18-32-31(36)27(16-24-11-6-5-7-12-24)33(19-25-13-9-8-10-23(25)3)30(35)20-34(41(4,37)38)26-14-15-28-29(17-26)40-21-39-28/h5-15,17,22,27H,16,18-21H2,1-4H3,(H,32,36). The number of rotatable bonds is 12. The molecule has 41 heavy (non-hydrogen) atoms. The van der Waals surface area contributed by atoms with Crippen molar-refractivity contribution >= 4 is 27.5 Å². The van der Waals surface area contributed by atoms with Crippen LogP contribution in [0.3, 0.4) is 0 Å². The Kier molecular flexibility index (Phi) is 9.54. The smallest absolute Gasteiger partial charge is 0.244 e. The molecule has 1 unspecified atom stereocenters. The third-order valence-corrected chi connectivity index (χ3v) is 8.02. The van der Waals surface area contributed by atoms with Gasteiger partial charge in [-0.15, -0.1) is 0 Å². The van der Waals surface area contributed by atoms with Crippen molar-refractivity contribution in [1.82, 2.24) is 10.2 Å². The summed E-state index contributed by atoms with van der Waals surface area (Å²) in [7, 11) is -3.88. The Balaban J connectivity index is 1.73. The van der Waals surface area contributed by atoms with Crippen molar-refractivity contribution in [1.29, 1.82) is 0 Å². The van der Waals surface area contributed by atoms with Crippen molar-refractivity contribution < 1.29 is 27.5 Å². The molecular weight excluding hydrogens is 542 g/mol. The van der Waals surface area contributed by atoms with E-state index in [4.69, 9.17) is 9.47 Å². The molecule has 0 aromatic heterocycles. The average molecular weight is 580 g/mol. The summed E-state index contributed by atoms with van der Waals surface area (Å²) in [6, 6.07) is 21.0. The van der Waals surface area contributed by atoms with Crippen LogP contribution in [0.5, 0.6) is 11.5 Å². The lowest BCUT2D eigenvalue weighted by molar-refractivity contribution is -0.140. The summed E-state index contributed by atoms with van der Waals surface area (Å²) in [5.74, 6) is 0.314. The fourth-order valence-electron chi connectivity index (χ4n) is 4.60. The molecule has 1 heterocycles. The number of sulfonamides is 1. The summed E-state index contributed by atoms with van der Waals surface area (Å²) in [5.41, 5.74) is 2.98. The molecule has 2 amide bonds. The minimum atomic E-state index is -3.88. The zero-order valence-electron chi connectivity index (χ0n) is 23.9. The number of amides is 2. The minimum absolute atomic E-state index is 0.0352. The molecule has 0 radical (unpaired) electrons. The van der Waals surface area contributed by atoms with Gasteiger partial charge in [0.05, 0.1) is 11.9 Å². The summed E-state index contributed by atoms with van der Waals surface area (Å²) in [6.45, 7) is 6.06. The normalized spacial score (nSPS) is 13.1. The Hall–Kier alpha value is -4.05. The summed E-state index contributed by atoms with van der Waals surface area (Å²) in [4.78, 5) is 29.4. The number of hydrogen-bond donors (Lipinski definition) is 1. The highest BCUT2D eigenvalue weighted by molar-refractivity contribution is 7.92. The molecule has 218 valence electrons. The lowest BCUT2D eigenvalue weighted by Crippen LogP contribution is -2.53. The first-order valence-corrected chi connectivity index (χ1v) is 15.4. The van der Waals surface area contributed by atoms with Crippen LogP contribution in [0.25, 0.3) is 0 Å². The van der Waals surface area contributed by atoms with Crippen LogP contribution in [0.1, 0.15) is 30.5 Å². The van der Waals surface area contributed by atoms with E-state index in [2.05, 4.69) is 5.32 Å². The Bertz CT molecular complexity index is 1480. The summed E-state index contributed by atoms with van der Waals surface area (Å²) >= 11 is 0. The zero-order chi connectivity index (χ0) is 29.6. The highest BCUT2D eigenvalue weighted by atomic mass is 32.2. The topological polar surface area (TPSA) is 105 Å². The summed E-state index contributed by atoms with van der Waals surface area (Å²) < 4.78 is 37.8. The number of anilines is 1. The molecule has 1 atom stereocenters.